The van der Waals surface area contributed by atoms with Gasteiger partial charge in [0.15, 0.2) is 11.5 Å². The van der Waals surface area contributed by atoms with Crippen molar-refractivity contribution in [3.63, 3.8) is 0 Å². The molecule has 1 fully saturated rings. The van der Waals surface area contributed by atoms with Crippen LogP contribution in [0.3, 0.4) is 0 Å². The summed E-state index contributed by atoms with van der Waals surface area (Å²) in [6.45, 7) is 3.89. The Hall–Kier alpha value is -1.23. The monoisotopic (exact) mass is 342 g/mol. The molecule has 0 bridgehead atoms. The van der Waals surface area contributed by atoms with Crippen molar-refractivity contribution in [3.05, 3.63) is 22.2 Å². The van der Waals surface area contributed by atoms with Gasteiger partial charge in [-0.05, 0) is 38.8 Å². The molecule has 0 heterocycles. The maximum absolute atomic E-state index is 11.1. The molecular weight excluding hydrogens is 324 g/mol. The zero-order chi connectivity index (χ0) is 14.9. The first-order valence-corrected chi connectivity index (χ1v) is 7.44. The predicted octanol–water partition coefficient (Wildman–Crippen LogP) is 3.75. The van der Waals surface area contributed by atoms with Gasteiger partial charge in [-0.25, -0.2) is 0 Å². The molecule has 0 spiro atoms. The van der Waals surface area contributed by atoms with Crippen molar-refractivity contribution in [1.29, 1.82) is 0 Å². The van der Waals surface area contributed by atoms with E-state index < -0.39 is 5.97 Å². The molecule has 1 aromatic rings. The van der Waals surface area contributed by atoms with Gasteiger partial charge in [0, 0.05) is 15.5 Å². The molecule has 110 valence electrons. The molecule has 1 N–H and O–H groups in total. The summed E-state index contributed by atoms with van der Waals surface area (Å²) in [4.78, 5) is 11.1. The van der Waals surface area contributed by atoms with Gasteiger partial charge in [-0.3, -0.25) is 4.79 Å². The van der Waals surface area contributed by atoms with Crippen LogP contribution in [0.5, 0.6) is 11.5 Å². The Morgan fingerprint density at radius 1 is 1.45 bits per heavy atom. The smallest absolute Gasteiger partial charge is 0.304 e. The first kappa shape index (κ1) is 15.2. The average molecular weight is 343 g/mol. The normalized spacial score (nSPS) is 16.1. The first-order valence-electron chi connectivity index (χ1n) is 6.65. The largest absolute Gasteiger partial charge is 0.493 e. The Labute approximate surface area is 127 Å². The Kier molecular flexibility index (Phi) is 4.28. The van der Waals surface area contributed by atoms with Gasteiger partial charge in [0.25, 0.3) is 0 Å². The van der Waals surface area contributed by atoms with Crippen LogP contribution in [0.1, 0.15) is 38.7 Å². The molecule has 0 saturated heterocycles. The molecule has 1 aliphatic carbocycles. The zero-order valence-corrected chi connectivity index (χ0v) is 13.5. The highest BCUT2D eigenvalue weighted by molar-refractivity contribution is 9.10. The maximum Gasteiger partial charge on any atom is 0.304 e. The summed E-state index contributed by atoms with van der Waals surface area (Å²) in [6, 6.07) is 3.73. The Morgan fingerprint density at radius 3 is 2.55 bits per heavy atom. The van der Waals surface area contributed by atoms with Crippen LogP contribution in [-0.4, -0.2) is 24.3 Å². The minimum absolute atomic E-state index is 0.00224. The van der Waals surface area contributed by atoms with Crippen molar-refractivity contribution >= 4 is 21.9 Å². The van der Waals surface area contributed by atoms with E-state index in [-0.39, 0.29) is 17.9 Å². The third-order valence-electron chi connectivity index (χ3n) is 3.52. The van der Waals surface area contributed by atoms with Gasteiger partial charge >= 0.3 is 5.97 Å². The third-order valence-corrected chi connectivity index (χ3v) is 4.18. The van der Waals surface area contributed by atoms with Gasteiger partial charge in [0.1, 0.15) is 0 Å². The molecule has 5 heteroatoms. The van der Waals surface area contributed by atoms with Gasteiger partial charge < -0.3 is 14.6 Å². The van der Waals surface area contributed by atoms with Crippen molar-refractivity contribution in [2.45, 2.75) is 44.6 Å². The number of hydrogen-bond donors (Lipinski definition) is 1. The number of aliphatic carboxylic acids is 1. The maximum atomic E-state index is 11.1. The fourth-order valence-electron chi connectivity index (χ4n) is 2.50. The molecule has 20 heavy (non-hydrogen) atoms. The van der Waals surface area contributed by atoms with Crippen molar-refractivity contribution < 1.29 is 19.4 Å². The quantitative estimate of drug-likeness (QED) is 0.855. The summed E-state index contributed by atoms with van der Waals surface area (Å²) >= 11 is 3.54. The van der Waals surface area contributed by atoms with E-state index in [4.69, 9.17) is 14.6 Å². The lowest BCUT2D eigenvalue weighted by Crippen LogP contribution is -2.17. The summed E-state index contributed by atoms with van der Waals surface area (Å²) in [6.07, 6.45) is 1.84. The highest BCUT2D eigenvalue weighted by Gasteiger charge is 2.49. The number of methoxy groups -OCH3 is 1. The zero-order valence-electron chi connectivity index (χ0n) is 11.9. The predicted molar refractivity (Wildman–Crippen MR) is 79.6 cm³/mol. The van der Waals surface area contributed by atoms with Gasteiger partial charge in [0.2, 0.25) is 0 Å². The van der Waals surface area contributed by atoms with Crippen LogP contribution in [-0.2, 0) is 10.2 Å². The molecule has 0 aromatic heterocycles. The summed E-state index contributed by atoms with van der Waals surface area (Å²) < 4.78 is 12.2. The molecule has 0 unspecified atom stereocenters. The summed E-state index contributed by atoms with van der Waals surface area (Å²) in [5, 5.41) is 9.15. The van der Waals surface area contributed by atoms with E-state index in [1.165, 1.54) is 0 Å². The number of halogens is 1. The summed E-state index contributed by atoms with van der Waals surface area (Å²) in [5.41, 5.74) is 0.594. The Bertz CT molecular complexity index is 521. The fourth-order valence-corrected chi connectivity index (χ4v) is 3.24. The summed E-state index contributed by atoms with van der Waals surface area (Å²) in [7, 11) is 1.59. The molecule has 0 atom stereocenters. The topological polar surface area (TPSA) is 55.8 Å². The number of carboxylic acids is 1. The average Bonchev–Trinajstić information content (AvgIpc) is 3.08. The second kappa shape index (κ2) is 5.64. The van der Waals surface area contributed by atoms with E-state index in [9.17, 15) is 4.79 Å². The van der Waals surface area contributed by atoms with Crippen LogP contribution in [0, 0.1) is 0 Å². The number of benzene rings is 1. The van der Waals surface area contributed by atoms with Crippen molar-refractivity contribution in [1.82, 2.24) is 0 Å². The molecule has 2 rings (SSSR count). The van der Waals surface area contributed by atoms with E-state index in [2.05, 4.69) is 15.9 Å². The van der Waals surface area contributed by atoms with Crippen molar-refractivity contribution in [2.24, 2.45) is 0 Å². The van der Waals surface area contributed by atoms with Crippen LogP contribution in [0.25, 0.3) is 0 Å². The van der Waals surface area contributed by atoms with E-state index in [1.54, 1.807) is 7.11 Å². The number of hydrogen-bond acceptors (Lipinski definition) is 3. The molecular formula is C15H19BrO4. The lowest BCUT2D eigenvalue weighted by atomic mass is 9.91. The Balaban J connectivity index is 2.52. The molecule has 0 radical (unpaired) electrons. The standard InChI is InChI=1S/C15H19BrO4/c1-9(2)20-14-11(19-3)5-4-10(16)13(14)15(6-7-15)8-12(17)18/h4-5,9H,6-8H2,1-3H3,(H,17,18). The van der Waals surface area contributed by atoms with Gasteiger partial charge in [0.05, 0.1) is 19.6 Å². The van der Waals surface area contributed by atoms with Crippen LogP contribution in [0.15, 0.2) is 16.6 Å². The molecule has 1 aliphatic rings. The highest BCUT2D eigenvalue weighted by atomic mass is 79.9. The van der Waals surface area contributed by atoms with Crippen LogP contribution in [0.4, 0.5) is 0 Å². The minimum Gasteiger partial charge on any atom is -0.493 e. The van der Waals surface area contributed by atoms with Gasteiger partial charge in [-0.1, -0.05) is 15.9 Å². The minimum atomic E-state index is -0.785. The molecule has 0 aliphatic heterocycles. The van der Waals surface area contributed by atoms with Crippen molar-refractivity contribution in [3.8, 4) is 11.5 Å². The van der Waals surface area contributed by atoms with Crippen LogP contribution in [0.2, 0.25) is 0 Å². The Morgan fingerprint density at radius 2 is 2.10 bits per heavy atom. The third kappa shape index (κ3) is 2.92. The second-order valence-corrected chi connectivity index (χ2v) is 6.33. The number of rotatable bonds is 6. The number of carboxylic acid groups (broad SMARTS) is 1. The number of carbonyl (C=O) groups is 1. The fraction of sp³-hybridized carbons (Fsp3) is 0.533. The summed E-state index contributed by atoms with van der Waals surface area (Å²) in [5.74, 6) is 0.525. The molecule has 4 nitrogen and oxygen atoms in total. The van der Waals surface area contributed by atoms with E-state index in [1.807, 2.05) is 26.0 Å². The van der Waals surface area contributed by atoms with Crippen LogP contribution < -0.4 is 9.47 Å². The van der Waals surface area contributed by atoms with Crippen LogP contribution >= 0.6 is 15.9 Å². The van der Waals surface area contributed by atoms with E-state index in [0.29, 0.717) is 11.5 Å². The molecule has 0 amide bonds. The van der Waals surface area contributed by atoms with Gasteiger partial charge in [-0.15, -0.1) is 0 Å². The van der Waals surface area contributed by atoms with E-state index in [0.717, 1.165) is 22.9 Å². The second-order valence-electron chi connectivity index (χ2n) is 5.47. The highest BCUT2D eigenvalue weighted by Crippen LogP contribution is 2.58. The first-order chi connectivity index (χ1) is 9.39. The van der Waals surface area contributed by atoms with Gasteiger partial charge in [-0.2, -0.15) is 0 Å². The lowest BCUT2D eigenvalue weighted by Gasteiger charge is -2.23. The SMILES string of the molecule is COc1ccc(Br)c(C2(CC(=O)O)CC2)c1OC(C)C. The molecule has 1 aromatic carbocycles. The van der Waals surface area contributed by atoms with E-state index >= 15 is 0 Å². The van der Waals surface area contributed by atoms with Crippen molar-refractivity contribution in [2.75, 3.05) is 7.11 Å². The number of ether oxygens (including phenoxy) is 2. The lowest BCUT2D eigenvalue weighted by molar-refractivity contribution is -0.137. The molecule has 1 saturated carbocycles.